The summed E-state index contributed by atoms with van der Waals surface area (Å²) in [7, 11) is -1.61. The van der Waals surface area contributed by atoms with Gasteiger partial charge in [0.2, 0.25) is 5.91 Å². The topological polar surface area (TPSA) is 131 Å². The number of aliphatic hydroxyl groups is 2. The van der Waals surface area contributed by atoms with Crippen LogP contribution >= 0.6 is 0 Å². The van der Waals surface area contributed by atoms with Gasteiger partial charge in [-0.25, -0.2) is 9.37 Å². The van der Waals surface area contributed by atoms with Gasteiger partial charge >= 0.3 is 0 Å². The van der Waals surface area contributed by atoms with Crippen LogP contribution in [0, 0.1) is 5.82 Å². The molecule has 4 heterocycles. The van der Waals surface area contributed by atoms with Gasteiger partial charge in [0.1, 0.15) is 30.4 Å². The molecule has 0 unspecified atom stereocenters. The molecule has 5 rings (SSSR count). The zero-order chi connectivity index (χ0) is 25.9. The summed E-state index contributed by atoms with van der Waals surface area (Å²) in [5.41, 5.74) is 1.11. The molecular formula is C25H24FN3O6S. The van der Waals surface area contributed by atoms with E-state index in [4.69, 9.17) is 9.84 Å². The molecule has 2 aliphatic rings. The number of hydrogen-bond acceptors (Lipinski definition) is 7. The third-order valence-corrected chi connectivity index (χ3v) is 7.87. The lowest BCUT2D eigenvalue weighted by Crippen LogP contribution is -2.38. The summed E-state index contributed by atoms with van der Waals surface area (Å²) in [5.74, 6) is -1.14. The minimum atomic E-state index is -1.61. The maximum Gasteiger partial charge on any atom is 0.258 e. The van der Waals surface area contributed by atoms with Crippen molar-refractivity contribution in [2.75, 3.05) is 12.9 Å². The highest BCUT2D eigenvalue weighted by molar-refractivity contribution is 7.84. The molecule has 188 valence electrons. The number of nitrogens with one attached hydrogen (secondary N) is 1. The Morgan fingerprint density at radius 1 is 1.36 bits per heavy atom. The fraction of sp³-hybridized carbons (Fsp3) is 0.320. The van der Waals surface area contributed by atoms with E-state index in [1.54, 1.807) is 13.0 Å². The molecule has 0 bridgehead atoms. The minimum Gasteiger partial charge on any atom is -0.490 e. The number of carbonyl (C=O) groups is 1. The summed E-state index contributed by atoms with van der Waals surface area (Å²) in [6.45, 7) is 4.93. The predicted molar refractivity (Wildman–Crippen MR) is 130 cm³/mol. The number of hydrogen-bond donors (Lipinski definition) is 3. The van der Waals surface area contributed by atoms with Crippen molar-refractivity contribution < 1.29 is 28.3 Å². The van der Waals surface area contributed by atoms with Crippen molar-refractivity contribution in [2.45, 2.75) is 43.5 Å². The van der Waals surface area contributed by atoms with Gasteiger partial charge in [-0.1, -0.05) is 13.5 Å². The smallest absolute Gasteiger partial charge is 0.258 e. The first-order valence-corrected chi connectivity index (χ1v) is 12.8. The summed E-state index contributed by atoms with van der Waals surface area (Å²) in [5, 5.41) is 23.5. The molecule has 2 aliphatic heterocycles. The number of rotatable bonds is 5. The molecule has 0 saturated carbocycles. The van der Waals surface area contributed by atoms with Crippen LogP contribution in [0.1, 0.15) is 35.6 Å². The Kier molecular flexibility index (Phi) is 5.81. The van der Waals surface area contributed by atoms with E-state index in [1.807, 2.05) is 0 Å². The van der Waals surface area contributed by atoms with Crippen LogP contribution in [0.3, 0.4) is 0 Å². The van der Waals surface area contributed by atoms with E-state index in [1.165, 1.54) is 23.0 Å². The number of nitrogens with zero attached hydrogens (tertiary/aromatic N) is 2. The molecule has 2 atom stereocenters. The van der Waals surface area contributed by atoms with Gasteiger partial charge < -0.3 is 24.8 Å². The number of fused-ring (bicyclic) bond motifs is 5. The Labute approximate surface area is 207 Å². The minimum absolute atomic E-state index is 0.00852. The summed E-state index contributed by atoms with van der Waals surface area (Å²) in [6.07, 6.45) is 1.60. The van der Waals surface area contributed by atoms with E-state index < -0.39 is 34.7 Å². The highest BCUT2D eigenvalue weighted by atomic mass is 32.2. The fourth-order valence-corrected chi connectivity index (χ4v) is 5.56. The van der Waals surface area contributed by atoms with Crippen molar-refractivity contribution in [1.29, 1.82) is 0 Å². The monoisotopic (exact) mass is 513 g/mol. The Morgan fingerprint density at radius 3 is 2.78 bits per heavy atom. The summed E-state index contributed by atoms with van der Waals surface area (Å²) < 4.78 is 33.9. The summed E-state index contributed by atoms with van der Waals surface area (Å²) >= 11 is 0. The molecule has 0 saturated heterocycles. The van der Waals surface area contributed by atoms with Gasteiger partial charge in [-0.3, -0.25) is 13.8 Å². The number of carbonyl (C=O) groups excluding carboxylic acids is 1. The van der Waals surface area contributed by atoms with Crippen LogP contribution in [0.15, 0.2) is 40.2 Å². The zero-order valence-electron chi connectivity index (χ0n) is 19.7. The molecule has 0 fully saturated rings. The number of pyridine rings is 2. The first-order chi connectivity index (χ1) is 17.1. The predicted octanol–water partition coefficient (Wildman–Crippen LogP) is 1.55. The van der Waals surface area contributed by atoms with Gasteiger partial charge in [0.05, 0.1) is 44.7 Å². The van der Waals surface area contributed by atoms with Gasteiger partial charge in [0, 0.05) is 35.4 Å². The van der Waals surface area contributed by atoms with Crippen LogP contribution in [-0.4, -0.2) is 42.7 Å². The Hall–Kier alpha value is -3.41. The quantitative estimate of drug-likeness (QED) is 0.369. The Balaban J connectivity index is 1.80. The zero-order valence-corrected chi connectivity index (χ0v) is 20.5. The SMILES string of the molecule is C=C1OCc2c(cc3n(c2=O)Cc2c-3nc3cc(F)c([S@](C)=O)cc3c2CNC(=O)CO)[C@@]1(O)CC. The van der Waals surface area contributed by atoms with Crippen LogP contribution in [0.2, 0.25) is 0 Å². The third kappa shape index (κ3) is 3.49. The molecular weight excluding hydrogens is 489 g/mol. The van der Waals surface area contributed by atoms with Gasteiger partial charge in [-0.05, 0) is 24.1 Å². The van der Waals surface area contributed by atoms with Gasteiger partial charge in [-0.15, -0.1) is 0 Å². The van der Waals surface area contributed by atoms with Crippen LogP contribution in [0.5, 0.6) is 0 Å². The second-order valence-corrected chi connectivity index (χ2v) is 10.2. The van der Waals surface area contributed by atoms with E-state index >= 15 is 0 Å². The molecule has 0 spiro atoms. The van der Waals surface area contributed by atoms with Crippen molar-refractivity contribution in [2.24, 2.45) is 0 Å². The first-order valence-electron chi connectivity index (χ1n) is 11.3. The van der Waals surface area contributed by atoms with Gasteiger partial charge in [0.25, 0.3) is 5.56 Å². The molecule has 11 heteroatoms. The van der Waals surface area contributed by atoms with Crippen molar-refractivity contribution in [3.05, 3.63) is 69.0 Å². The van der Waals surface area contributed by atoms with Crippen LogP contribution in [0.25, 0.3) is 22.3 Å². The number of halogens is 1. The standard InChI is InChI=1S/C25H24FN3O6S/c1-4-25(33)12(2)35-11-16-17(25)6-20-23-15(9-29(20)24(16)32)14(8-27-22(31)10-30)13-5-21(36(3)34)18(26)7-19(13)28-23/h5-7,30,33H,2,4,8-11H2,1,3H3,(H,27,31)/t25-,36+/m1/s1. The lowest BCUT2D eigenvalue weighted by Gasteiger charge is -2.35. The number of amides is 1. The highest BCUT2D eigenvalue weighted by Crippen LogP contribution is 2.43. The van der Waals surface area contributed by atoms with Gasteiger partial charge in [-0.2, -0.15) is 0 Å². The van der Waals surface area contributed by atoms with Crippen LogP contribution < -0.4 is 10.9 Å². The first kappa shape index (κ1) is 24.3. The lowest BCUT2D eigenvalue weighted by atomic mass is 9.84. The lowest BCUT2D eigenvalue weighted by molar-refractivity contribution is -0.123. The summed E-state index contributed by atoms with van der Waals surface area (Å²) in [6, 6.07) is 4.32. The molecule has 36 heavy (non-hydrogen) atoms. The van der Waals surface area contributed by atoms with E-state index in [-0.39, 0.29) is 47.8 Å². The van der Waals surface area contributed by atoms with Gasteiger partial charge in [0.15, 0.2) is 0 Å². The molecule has 1 aromatic carbocycles. The van der Waals surface area contributed by atoms with E-state index in [9.17, 15) is 23.3 Å². The highest BCUT2D eigenvalue weighted by Gasteiger charge is 2.41. The summed E-state index contributed by atoms with van der Waals surface area (Å²) in [4.78, 5) is 30.0. The second-order valence-electron chi connectivity index (χ2n) is 8.85. The Bertz CT molecular complexity index is 1570. The Morgan fingerprint density at radius 2 is 2.11 bits per heavy atom. The third-order valence-electron chi connectivity index (χ3n) is 6.94. The molecule has 0 radical (unpaired) electrons. The number of benzene rings is 1. The van der Waals surface area contributed by atoms with Crippen LogP contribution in [-0.2, 0) is 45.6 Å². The van der Waals surface area contributed by atoms with Crippen molar-refractivity contribution in [3.63, 3.8) is 0 Å². The fourth-order valence-electron chi connectivity index (χ4n) is 4.94. The van der Waals surface area contributed by atoms with Crippen molar-refractivity contribution in [3.8, 4) is 11.4 Å². The number of aliphatic hydroxyl groups excluding tert-OH is 1. The van der Waals surface area contributed by atoms with E-state index in [0.29, 0.717) is 39.0 Å². The van der Waals surface area contributed by atoms with Crippen LogP contribution in [0.4, 0.5) is 4.39 Å². The number of ether oxygens (including phenoxy) is 1. The van der Waals surface area contributed by atoms with Crippen molar-refractivity contribution >= 4 is 27.6 Å². The van der Waals surface area contributed by atoms with E-state index in [2.05, 4.69) is 16.9 Å². The molecule has 3 N–H and O–H groups in total. The molecule has 0 aliphatic carbocycles. The average Bonchev–Trinajstić information content (AvgIpc) is 3.22. The number of aromatic nitrogens is 2. The van der Waals surface area contributed by atoms with Crippen molar-refractivity contribution in [1.82, 2.24) is 14.9 Å². The molecule has 9 nitrogen and oxygen atoms in total. The average molecular weight is 514 g/mol. The van der Waals surface area contributed by atoms with E-state index in [0.717, 1.165) is 0 Å². The maximum atomic E-state index is 14.8. The largest absolute Gasteiger partial charge is 0.490 e. The normalized spacial score (nSPS) is 18.9. The second kappa shape index (κ2) is 8.61. The molecule has 3 aromatic rings. The maximum absolute atomic E-state index is 14.8. The molecule has 2 aromatic heterocycles. The molecule has 1 amide bonds.